The maximum Gasteiger partial charge on any atom is 0.293 e. The SMILES string of the molecule is CC(C)(C)c1nc(C(=O)N2CCN(C3CCCC3O)CC2)n[nH]1. The number of nitrogens with one attached hydrogen (secondary N) is 1. The lowest BCUT2D eigenvalue weighted by Crippen LogP contribution is -2.53. The van der Waals surface area contributed by atoms with Crippen LogP contribution in [0.1, 0.15) is 56.5 Å². The summed E-state index contributed by atoms with van der Waals surface area (Å²) in [5, 5.41) is 17.0. The van der Waals surface area contributed by atoms with Gasteiger partial charge in [-0.2, -0.15) is 0 Å². The Bertz CT molecular complexity index is 557. The lowest BCUT2D eigenvalue weighted by molar-refractivity contribution is 0.0310. The Morgan fingerprint density at radius 3 is 2.43 bits per heavy atom. The number of H-pyrrole nitrogens is 1. The van der Waals surface area contributed by atoms with Crippen molar-refractivity contribution in [3.8, 4) is 0 Å². The molecule has 2 atom stereocenters. The molecular weight excluding hydrogens is 294 g/mol. The van der Waals surface area contributed by atoms with Crippen LogP contribution in [0.2, 0.25) is 0 Å². The molecule has 2 unspecified atom stereocenters. The Labute approximate surface area is 137 Å². The molecule has 3 rings (SSSR count). The molecule has 1 aromatic heterocycles. The van der Waals surface area contributed by atoms with Gasteiger partial charge in [0.25, 0.3) is 5.91 Å². The van der Waals surface area contributed by atoms with Gasteiger partial charge in [0, 0.05) is 37.6 Å². The van der Waals surface area contributed by atoms with Crippen LogP contribution < -0.4 is 0 Å². The summed E-state index contributed by atoms with van der Waals surface area (Å²) < 4.78 is 0. The van der Waals surface area contributed by atoms with Crippen molar-refractivity contribution in [1.29, 1.82) is 0 Å². The van der Waals surface area contributed by atoms with Crippen molar-refractivity contribution >= 4 is 5.91 Å². The molecule has 0 radical (unpaired) electrons. The third-order valence-electron chi connectivity index (χ3n) is 4.90. The first-order valence-electron chi connectivity index (χ1n) is 8.50. The molecule has 1 saturated heterocycles. The monoisotopic (exact) mass is 321 g/mol. The van der Waals surface area contributed by atoms with E-state index >= 15 is 0 Å². The number of aromatic amines is 1. The van der Waals surface area contributed by atoms with E-state index in [1.807, 2.05) is 25.7 Å². The Morgan fingerprint density at radius 1 is 1.22 bits per heavy atom. The highest BCUT2D eigenvalue weighted by Gasteiger charge is 2.34. The number of aliphatic hydroxyl groups is 1. The van der Waals surface area contributed by atoms with Crippen molar-refractivity contribution < 1.29 is 9.90 Å². The summed E-state index contributed by atoms with van der Waals surface area (Å²) in [7, 11) is 0. The number of nitrogens with zero attached hydrogens (tertiary/aromatic N) is 4. The van der Waals surface area contributed by atoms with Crippen LogP contribution in [0.15, 0.2) is 0 Å². The number of piperazine rings is 1. The quantitative estimate of drug-likeness (QED) is 0.840. The minimum Gasteiger partial charge on any atom is -0.391 e. The summed E-state index contributed by atoms with van der Waals surface area (Å²) in [6, 6.07) is 0.267. The first-order valence-corrected chi connectivity index (χ1v) is 8.50. The van der Waals surface area contributed by atoms with Gasteiger partial charge in [-0.15, -0.1) is 5.10 Å². The molecule has 7 nitrogen and oxygen atoms in total. The third kappa shape index (κ3) is 3.40. The summed E-state index contributed by atoms with van der Waals surface area (Å²) in [5.74, 6) is 0.876. The Balaban J connectivity index is 1.59. The van der Waals surface area contributed by atoms with Crippen molar-refractivity contribution in [3.63, 3.8) is 0 Å². The topological polar surface area (TPSA) is 85.3 Å². The highest BCUT2D eigenvalue weighted by molar-refractivity contribution is 5.90. The van der Waals surface area contributed by atoms with E-state index in [-0.39, 0.29) is 29.3 Å². The molecule has 0 spiro atoms. The van der Waals surface area contributed by atoms with Crippen LogP contribution >= 0.6 is 0 Å². The number of hydrogen-bond donors (Lipinski definition) is 2. The zero-order valence-corrected chi connectivity index (χ0v) is 14.2. The fourth-order valence-electron chi connectivity index (χ4n) is 3.44. The minimum absolute atomic E-state index is 0.108. The first kappa shape index (κ1) is 16.4. The van der Waals surface area contributed by atoms with Crippen molar-refractivity contribution in [2.75, 3.05) is 26.2 Å². The molecular formula is C16H27N5O2. The van der Waals surface area contributed by atoms with Gasteiger partial charge in [-0.1, -0.05) is 20.8 Å². The summed E-state index contributed by atoms with van der Waals surface area (Å²) in [6.45, 7) is 9.06. The number of aliphatic hydroxyl groups excluding tert-OH is 1. The van der Waals surface area contributed by atoms with Crippen molar-refractivity contribution in [1.82, 2.24) is 25.0 Å². The minimum atomic E-state index is -0.209. The van der Waals surface area contributed by atoms with E-state index < -0.39 is 0 Å². The van der Waals surface area contributed by atoms with Crippen LogP contribution in [0.4, 0.5) is 0 Å². The average molecular weight is 321 g/mol. The fourth-order valence-corrected chi connectivity index (χ4v) is 3.44. The number of rotatable bonds is 2. The molecule has 1 amide bonds. The molecule has 1 aliphatic carbocycles. The van der Waals surface area contributed by atoms with Crippen LogP contribution in [0, 0.1) is 0 Å². The summed E-state index contributed by atoms with van der Waals surface area (Å²) in [5.41, 5.74) is -0.150. The number of aromatic nitrogens is 3. The molecule has 23 heavy (non-hydrogen) atoms. The van der Waals surface area contributed by atoms with E-state index in [1.54, 1.807) is 0 Å². The molecule has 0 bridgehead atoms. The van der Waals surface area contributed by atoms with Gasteiger partial charge in [-0.25, -0.2) is 4.98 Å². The van der Waals surface area contributed by atoms with Crippen LogP contribution in [-0.2, 0) is 5.41 Å². The van der Waals surface area contributed by atoms with E-state index in [4.69, 9.17) is 0 Å². The smallest absolute Gasteiger partial charge is 0.293 e. The van der Waals surface area contributed by atoms with Crippen LogP contribution in [0.5, 0.6) is 0 Å². The predicted molar refractivity (Wildman–Crippen MR) is 86.2 cm³/mol. The zero-order valence-electron chi connectivity index (χ0n) is 14.2. The van der Waals surface area contributed by atoms with Crippen LogP contribution in [0.3, 0.4) is 0 Å². The number of carbonyl (C=O) groups excluding carboxylic acids is 1. The van der Waals surface area contributed by atoms with Gasteiger partial charge < -0.3 is 10.0 Å². The van der Waals surface area contributed by atoms with E-state index in [0.29, 0.717) is 13.1 Å². The van der Waals surface area contributed by atoms with E-state index in [2.05, 4.69) is 20.1 Å². The first-order chi connectivity index (χ1) is 10.9. The molecule has 2 aliphatic rings. The molecule has 2 N–H and O–H groups in total. The Morgan fingerprint density at radius 2 is 1.91 bits per heavy atom. The molecule has 1 saturated carbocycles. The van der Waals surface area contributed by atoms with E-state index in [0.717, 1.165) is 38.2 Å². The second-order valence-corrected chi connectivity index (χ2v) is 7.65. The molecule has 2 heterocycles. The largest absolute Gasteiger partial charge is 0.391 e. The summed E-state index contributed by atoms with van der Waals surface area (Å²) in [4.78, 5) is 21.0. The van der Waals surface area contributed by atoms with Gasteiger partial charge in [-0.3, -0.25) is 14.8 Å². The third-order valence-corrected chi connectivity index (χ3v) is 4.90. The molecule has 128 valence electrons. The van der Waals surface area contributed by atoms with Gasteiger partial charge in [0.2, 0.25) is 5.82 Å². The second-order valence-electron chi connectivity index (χ2n) is 7.65. The van der Waals surface area contributed by atoms with Gasteiger partial charge in [0.05, 0.1) is 6.10 Å². The highest BCUT2D eigenvalue weighted by Crippen LogP contribution is 2.25. The van der Waals surface area contributed by atoms with Crippen molar-refractivity contribution in [3.05, 3.63) is 11.6 Å². The van der Waals surface area contributed by atoms with Crippen molar-refractivity contribution in [2.24, 2.45) is 0 Å². The zero-order chi connectivity index (χ0) is 16.6. The summed E-state index contributed by atoms with van der Waals surface area (Å²) >= 11 is 0. The molecule has 1 aromatic rings. The molecule has 1 aliphatic heterocycles. The molecule has 7 heteroatoms. The van der Waals surface area contributed by atoms with E-state index in [9.17, 15) is 9.90 Å². The van der Waals surface area contributed by atoms with Crippen LogP contribution in [0.25, 0.3) is 0 Å². The summed E-state index contributed by atoms with van der Waals surface area (Å²) in [6.07, 6.45) is 2.85. The normalized spacial score (nSPS) is 26.7. The lowest BCUT2D eigenvalue weighted by Gasteiger charge is -2.38. The van der Waals surface area contributed by atoms with Crippen molar-refractivity contribution in [2.45, 2.75) is 57.6 Å². The molecule has 2 fully saturated rings. The lowest BCUT2D eigenvalue weighted by atomic mass is 9.96. The Kier molecular flexibility index (Phi) is 4.42. The van der Waals surface area contributed by atoms with E-state index in [1.165, 1.54) is 0 Å². The van der Waals surface area contributed by atoms with Gasteiger partial charge >= 0.3 is 0 Å². The standard InChI is InChI=1S/C16H27N5O2/c1-16(2,3)15-17-13(18-19-15)14(23)21-9-7-20(8-10-21)11-5-4-6-12(11)22/h11-12,22H,4-10H2,1-3H3,(H,17,18,19). The number of hydrogen-bond acceptors (Lipinski definition) is 5. The predicted octanol–water partition coefficient (Wildman–Crippen LogP) is 0.773. The fraction of sp³-hybridized carbons (Fsp3) is 0.812. The second kappa shape index (κ2) is 6.20. The average Bonchev–Trinajstić information content (AvgIpc) is 3.15. The van der Waals surface area contributed by atoms with Crippen LogP contribution in [-0.4, -0.2) is 74.3 Å². The molecule has 0 aromatic carbocycles. The highest BCUT2D eigenvalue weighted by atomic mass is 16.3. The number of carbonyl (C=O) groups is 1. The Hall–Kier alpha value is -1.47. The maximum atomic E-state index is 12.5. The maximum absolute atomic E-state index is 12.5. The van der Waals surface area contributed by atoms with Gasteiger partial charge in [0.1, 0.15) is 5.82 Å². The van der Waals surface area contributed by atoms with Gasteiger partial charge in [0.15, 0.2) is 0 Å². The van der Waals surface area contributed by atoms with Gasteiger partial charge in [-0.05, 0) is 19.3 Å². The number of amides is 1.